The summed E-state index contributed by atoms with van der Waals surface area (Å²) in [6, 6.07) is 12.1. The van der Waals surface area contributed by atoms with Gasteiger partial charge in [0.2, 0.25) is 0 Å². The van der Waals surface area contributed by atoms with Crippen molar-refractivity contribution in [3.05, 3.63) is 53.6 Å². The highest BCUT2D eigenvalue weighted by Crippen LogP contribution is 2.28. The Bertz CT molecular complexity index is 667. The number of hydrogen-bond donors (Lipinski definition) is 2. The first-order valence-electron chi connectivity index (χ1n) is 6.86. The number of ether oxygens (including phenoxy) is 2. The first-order valence-corrected chi connectivity index (χ1v) is 6.86. The third kappa shape index (κ3) is 3.56. The number of carbonyl (C=O) groups is 1. The highest BCUT2D eigenvalue weighted by molar-refractivity contribution is 6.04. The van der Waals surface area contributed by atoms with Gasteiger partial charge in [-0.2, -0.15) is 0 Å². The Hall–Kier alpha value is -2.53. The number of anilines is 1. The molecular weight excluding hydrogens is 282 g/mol. The molecule has 5 heteroatoms. The molecule has 2 rings (SSSR count). The summed E-state index contributed by atoms with van der Waals surface area (Å²) in [5.41, 5.74) is 1.82. The van der Waals surface area contributed by atoms with E-state index in [0.29, 0.717) is 22.7 Å². The van der Waals surface area contributed by atoms with E-state index < -0.39 is 6.10 Å². The van der Waals surface area contributed by atoms with Crippen LogP contribution >= 0.6 is 0 Å². The first kappa shape index (κ1) is 15.9. The van der Waals surface area contributed by atoms with Crippen LogP contribution in [0, 0.1) is 0 Å². The summed E-state index contributed by atoms with van der Waals surface area (Å²) in [4.78, 5) is 12.3. The van der Waals surface area contributed by atoms with Gasteiger partial charge in [-0.15, -0.1) is 0 Å². The van der Waals surface area contributed by atoms with Crippen LogP contribution in [0.15, 0.2) is 42.5 Å². The monoisotopic (exact) mass is 301 g/mol. The Balaban J connectivity index is 2.20. The van der Waals surface area contributed by atoms with Gasteiger partial charge >= 0.3 is 0 Å². The predicted octanol–water partition coefficient (Wildman–Crippen LogP) is 3.01. The van der Waals surface area contributed by atoms with Gasteiger partial charge in [0.05, 0.1) is 20.3 Å². The number of aliphatic hydroxyl groups is 1. The second-order valence-electron chi connectivity index (χ2n) is 4.83. The molecule has 0 bridgehead atoms. The molecule has 1 atom stereocenters. The fourth-order valence-corrected chi connectivity index (χ4v) is 2.06. The van der Waals surface area contributed by atoms with E-state index in [1.54, 1.807) is 56.5 Å². The van der Waals surface area contributed by atoms with Gasteiger partial charge in [0.25, 0.3) is 5.91 Å². The van der Waals surface area contributed by atoms with Crippen molar-refractivity contribution >= 4 is 11.6 Å². The maximum absolute atomic E-state index is 12.3. The molecule has 0 spiro atoms. The fraction of sp³-hybridized carbons (Fsp3) is 0.235. The molecule has 0 aliphatic carbocycles. The topological polar surface area (TPSA) is 67.8 Å². The van der Waals surface area contributed by atoms with Crippen LogP contribution in [0.25, 0.3) is 0 Å². The highest BCUT2D eigenvalue weighted by Gasteiger charge is 2.11. The summed E-state index contributed by atoms with van der Waals surface area (Å²) < 4.78 is 10.3. The molecule has 0 fully saturated rings. The Labute approximate surface area is 129 Å². The summed E-state index contributed by atoms with van der Waals surface area (Å²) in [6.45, 7) is 1.68. The molecule has 0 heterocycles. The summed E-state index contributed by atoms with van der Waals surface area (Å²) in [5, 5.41) is 12.4. The molecule has 2 aromatic carbocycles. The number of methoxy groups -OCH3 is 2. The molecule has 0 radical (unpaired) electrons. The van der Waals surface area contributed by atoms with Gasteiger partial charge in [0.1, 0.15) is 0 Å². The van der Waals surface area contributed by atoms with Crippen molar-refractivity contribution in [2.45, 2.75) is 13.0 Å². The minimum absolute atomic E-state index is 0.260. The molecule has 1 amide bonds. The quantitative estimate of drug-likeness (QED) is 0.891. The minimum Gasteiger partial charge on any atom is -0.493 e. The summed E-state index contributed by atoms with van der Waals surface area (Å²) in [6.07, 6.45) is -0.585. The zero-order valence-electron chi connectivity index (χ0n) is 12.8. The number of rotatable bonds is 5. The van der Waals surface area contributed by atoms with Gasteiger partial charge in [-0.1, -0.05) is 12.1 Å². The zero-order valence-corrected chi connectivity index (χ0v) is 12.8. The Morgan fingerprint density at radius 2 is 1.82 bits per heavy atom. The van der Waals surface area contributed by atoms with Crippen LogP contribution in [0.4, 0.5) is 5.69 Å². The smallest absolute Gasteiger partial charge is 0.255 e. The van der Waals surface area contributed by atoms with E-state index in [2.05, 4.69) is 5.32 Å². The molecule has 0 aliphatic rings. The number of amides is 1. The van der Waals surface area contributed by atoms with E-state index in [1.165, 1.54) is 7.11 Å². The van der Waals surface area contributed by atoms with E-state index in [-0.39, 0.29) is 5.91 Å². The molecule has 5 nitrogen and oxygen atoms in total. The maximum atomic E-state index is 12.3. The van der Waals surface area contributed by atoms with Crippen LogP contribution in [-0.4, -0.2) is 25.2 Å². The highest BCUT2D eigenvalue weighted by atomic mass is 16.5. The fourth-order valence-electron chi connectivity index (χ4n) is 2.06. The normalized spacial score (nSPS) is 11.6. The summed E-state index contributed by atoms with van der Waals surface area (Å²) >= 11 is 0. The molecule has 2 N–H and O–H groups in total. The van der Waals surface area contributed by atoms with Gasteiger partial charge in [0, 0.05) is 11.3 Å². The lowest BCUT2D eigenvalue weighted by atomic mass is 10.1. The molecule has 0 saturated carbocycles. The number of aliphatic hydroxyl groups excluding tert-OH is 1. The summed E-state index contributed by atoms with van der Waals surface area (Å²) in [5.74, 6) is 0.798. The van der Waals surface area contributed by atoms with Crippen molar-refractivity contribution in [3.8, 4) is 11.5 Å². The standard InChI is InChI=1S/C17H19NO4/c1-11(19)12-5-4-6-14(9-12)18-17(20)13-7-8-15(21-2)16(10-13)22-3/h4-11,19H,1-3H3,(H,18,20). The maximum Gasteiger partial charge on any atom is 0.255 e. The van der Waals surface area contributed by atoms with Crippen molar-refractivity contribution in [3.63, 3.8) is 0 Å². The van der Waals surface area contributed by atoms with Crippen molar-refractivity contribution in [2.24, 2.45) is 0 Å². The van der Waals surface area contributed by atoms with E-state index in [1.807, 2.05) is 0 Å². The lowest BCUT2D eigenvalue weighted by molar-refractivity contribution is 0.102. The zero-order chi connectivity index (χ0) is 16.1. The summed E-state index contributed by atoms with van der Waals surface area (Å²) in [7, 11) is 3.06. The predicted molar refractivity (Wildman–Crippen MR) is 84.6 cm³/mol. The van der Waals surface area contributed by atoms with Crippen molar-refractivity contribution in [2.75, 3.05) is 19.5 Å². The van der Waals surface area contributed by atoms with E-state index in [4.69, 9.17) is 9.47 Å². The SMILES string of the molecule is COc1ccc(C(=O)Nc2cccc(C(C)O)c2)cc1OC. The van der Waals surface area contributed by atoms with E-state index in [9.17, 15) is 9.90 Å². The third-order valence-corrected chi connectivity index (χ3v) is 3.27. The van der Waals surface area contributed by atoms with Crippen LogP contribution in [0.1, 0.15) is 28.9 Å². The van der Waals surface area contributed by atoms with Gasteiger partial charge < -0.3 is 19.9 Å². The lowest BCUT2D eigenvalue weighted by Gasteiger charge is -2.11. The molecular formula is C17H19NO4. The van der Waals surface area contributed by atoms with Crippen LogP contribution in [0.2, 0.25) is 0 Å². The Morgan fingerprint density at radius 3 is 2.45 bits per heavy atom. The second kappa shape index (κ2) is 6.95. The second-order valence-corrected chi connectivity index (χ2v) is 4.83. The van der Waals surface area contributed by atoms with Gasteiger partial charge in [-0.05, 0) is 42.8 Å². The molecule has 2 aromatic rings. The largest absolute Gasteiger partial charge is 0.493 e. The van der Waals surface area contributed by atoms with Crippen LogP contribution in [-0.2, 0) is 0 Å². The third-order valence-electron chi connectivity index (χ3n) is 3.27. The van der Waals surface area contributed by atoms with Gasteiger partial charge in [-0.25, -0.2) is 0 Å². The minimum atomic E-state index is -0.585. The first-order chi connectivity index (χ1) is 10.5. The van der Waals surface area contributed by atoms with Crippen LogP contribution < -0.4 is 14.8 Å². The average molecular weight is 301 g/mol. The van der Waals surface area contributed by atoms with Crippen LogP contribution in [0.3, 0.4) is 0 Å². The van der Waals surface area contributed by atoms with Crippen molar-refractivity contribution in [1.82, 2.24) is 0 Å². The average Bonchev–Trinajstić information content (AvgIpc) is 2.54. The molecule has 22 heavy (non-hydrogen) atoms. The number of benzene rings is 2. The Morgan fingerprint density at radius 1 is 1.09 bits per heavy atom. The number of hydrogen-bond acceptors (Lipinski definition) is 4. The van der Waals surface area contributed by atoms with E-state index in [0.717, 1.165) is 5.56 Å². The number of nitrogens with one attached hydrogen (secondary N) is 1. The lowest BCUT2D eigenvalue weighted by Crippen LogP contribution is -2.12. The van der Waals surface area contributed by atoms with Gasteiger partial charge in [0.15, 0.2) is 11.5 Å². The molecule has 0 saturated heterocycles. The molecule has 1 unspecified atom stereocenters. The molecule has 0 aromatic heterocycles. The van der Waals surface area contributed by atoms with Crippen molar-refractivity contribution in [1.29, 1.82) is 0 Å². The Kier molecular flexibility index (Phi) is 5.01. The van der Waals surface area contributed by atoms with Crippen LogP contribution in [0.5, 0.6) is 11.5 Å². The van der Waals surface area contributed by atoms with E-state index >= 15 is 0 Å². The van der Waals surface area contributed by atoms with Gasteiger partial charge in [-0.3, -0.25) is 4.79 Å². The number of carbonyl (C=O) groups excluding carboxylic acids is 1. The molecule has 116 valence electrons. The van der Waals surface area contributed by atoms with Crippen molar-refractivity contribution < 1.29 is 19.4 Å². The molecule has 0 aliphatic heterocycles.